The second kappa shape index (κ2) is 10.8. The molecule has 2 fully saturated rings. The van der Waals surface area contributed by atoms with Gasteiger partial charge in [-0.3, -0.25) is 19.2 Å². The predicted octanol–water partition coefficient (Wildman–Crippen LogP) is 4.41. The number of carbonyl (C=O) groups excluding carboxylic acids is 4. The van der Waals surface area contributed by atoms with Crippen molar-refractivity contribution in [3.05, 3.63) is 35.3 Å². The molecule has 0 radical (unpaired) electrons. The highest BCUT2D eigenvalue weighted by molar-refractivity contribution is 6.09. The lowest BCUT2D eigenvalue weighted by atomic mass is 9.95. The topological polar surface area (TPSA) is 127 Å². The Morgan fingerprint density at radius 3 is 2.67 bits per heavy atom. The van der Waals surface area contributed by atoms with E-state index in [1.807, 2.05) is 30.5 Å². The van der Waals surface area contributed by atoms with Crippen LogP contribution in [-0.4, -0.2) is 61.7 Å². The van der Waals surface area contributed by atoms with Crippen LogP contribution in [-0.2, 0) is 27.3 Å². The Morgan fingerprint density at radius 1 is 1.14 bits per heavy atom. The zero-order chi connectivity index (χ0) is 29.8. The zero-order valence-electron chi connectivity index (χ0n) is 24.9. The van der Waals surface area contributed by atoms with E-state index in [9.17, 15) is 19.2 Å². The second-order valence-electron chi connectivity index (χ2n) is 12.5. The predicted molar refractivity (Wildman–Crippen MR) is 156 cm³/mol. The number of Topliss-reactive ketones (excluding diaryl/α,β-unsaturated/α-hetero) is 2. The van der Waals surface area contributed by atoms with Gasteiger partial charge in [-0.2, -0.15) is 0 Å². The van der Waals surface area contributed by atoms with Crippen molar-refractivity contribution < 1.29 is 23.6 Å². The van der Waals surface area contributed by atoms with E-state index in [-0.39, 0.29) is 47.3 Å². The molecule has 0 spiro atoms. The van der Waals surface area contributed by atoms with E-state index in [0.29, 0.717) is 36.7 Å². The first kappa shape index (κ1) is 28.3. The van der Waals surface area contributed by atoms with Crippen LogP contribution in [0.25, 0.3) is 22.4 Å². The van der Waals surface area contributed by atoms with E-state index >= 15 is 0 Å². The first-order chi connectivity index (χ1) is 20.1. The molecule has 2 aliphatic heterocycles. The van der Waals surface area contributed by atoms with Crippen LogP contribution >= 0.6 is 0 Å². The van der Waals surface area contributed by atoms with Crippen LogP contribution < -0.4 is 5.32 Å². The smallest absolute Gasteiger partial charge is 0.247 e. The summed E-state index contributed by atoms with van der Waals surface area (Å²) in [6, 6.07) is 3.36. The van der Waals surface area contributed by atoms with Crippen molar-refractivity contribution in [2.75, 3.05) is 6.54 Å². The molecular weight excluding hydrogens is 534 g/mol. The van der Waals surface area contributed by atoms with E-state index in [0.717, 1.165) is 60.6 Å². The third kappa shape index (κ3) is 4.94. The highest BCUT2D eigenvalue weighted by atomic mass is 16.4. The van der Waals surface area contributed by atoms with Crippen molar-refractivity contribution in [3.8, 4) is 11.5 Å². The summed E-state index contributed by atoms with van der Waals surface area (Å²) in [6.45, 7) is 7.58. The monoisotopic (exact) mass is 573 g/mol. The lowest BCUT2D eigenvalue weighted by molar-refractivity contribution is -0.139. The molecule has 4 heterocycles. The van der Waals surface area contributed by atoms with Gasteiger partial charge in [0.05, 0.1) is 11.6 Å². The Labute approximate surface area is 245 Å². The van der Waals surface area contributed by atoms with E-state index in [4.69, 9.17) is 4.42 Å². The molecule has 1 aromatic carbocycles. The fourth-order valence-electron chi connectivity index (χ4n) is 7.15. The van der Waals surface area contributed by atoms with Gasteiger partial charge in [-0.1, -0.05) is 26.7 Å². The number of aromatic nitrogens is 3. The molecule has 2 aromatic heterocycles. The minimum absolute atomic E-state index is 0.0270. The summed E-state index contributed by atoms with van der Waals surface area (Å²) in [5.41, 5.74) is 2.86. The Hall–Kier alpha value is -3.82. The molecule has 1 saturated heterocycles. The minimum Gasteiger partial charge on any atom is -0.421 e. The van der Waals surface area contributed by atoms with Crippen LogP contribution in [0.4, 0.5) is 0 Å². The van der Waals surface area contributed by atoms with Crippen LogP contribution in [0.15, 0.2) is 22.7 Å². The quantitative estimate of drug-likeness (QED) is 0.458. The highest BCUT2D eigenvalue weighted by Crippen LogP contribution is 2.59. The van der Waals surface area contributed by atoms with Gasteiger partial charge in [0.2, 0.25) is 23.6 Å². The van der Waals surface area contributed by atoms with Gasteiger partial charge < -0.3 is 19.2 Å². The summed E-state index contributed by atoms with van der Waals surface area (Å²) in [5, 5.41) is 12.1. The van der Waals surface area contributed by atoms with Crippen molar-refractivity contribution in [2.45, 2.75) is 97.7 Å². The van der Waals surface area contributed by atoms with Crippen molar-refractivity contribution in [2.24, 2.45) is 11.3 Å². The van der Waals surface area contributed by atoms with Crippen molar-refractivity contribution in [1.82, 2.24) is 25.0 Å². The summed E-state index contributed by atoms with van der Waals surface area (Å²) in [4.78, 5) is 54.7. The Bertz CT molecular complexity index is 1590. The number of hydrogen-bond donors (Lipinski definition) is 1. The molecule has 3 aliphatic rings. The number of benzene rings is 1. The number of nitrogens with one attached hydrogen (secondary N) is 1. The number of ketones is 2. The Balaban J connectivity index is 1.45. The number of carbonyl (C=O) groups is 4. The van der Waals surface area contributed by atoms with Crippen LogP contribution in [0.3, 0.4) is 0 Å². The Morgan fingerprint density at radius 2 is 1.95 bits per heavy atom. The summed E-state index contributed by atoms with van der Waals surface area (Å²) in [6.07, 6.45) is 7.76. The largest absolute Gasteiger partial charge is 0.421 e. The molecule has 42 heavy (non-hydrogen) atoms. The SMILES string of the molecule is CCC(=O)[C@@H]1C[C@]23CNC(=O)[C@@H](C)CCCCCc4cc(-c5nnc(C)o5)cc5c(C(C)=O)cn(c45)CC(=O)N1[C@@H]2C3. The standard InChI is InChI=1S/C32H39N5O5/c1-5-26(39)25-13-32-14-27(32)37(25)28(40)16-36-15-24(19(3)38)23-12-22(31-35-34-20(4)42-31)11-21(29(23)36)10-8-6-7-9-18(2)30(41)33-17-32/h11-12,15,18,25,27H,5-10,13-14,16-17H2,1-4H3,(H,33,41)/t18-,25-,27+,32-/m0/s1. The summed E-state index contributed by atoms with van der Waals surface area (Å²) >= 11 is 0. The maximum atomic E-state index is 14.1. The van der Waals surface area contributed by atoms with E-state index in [1.54, 1.807) is 18.0 Å². The third-order valence-electron chi connectivity index (χ3n) is 9.58. The normalized spacial score (nSPS) is 26.6. The molecule has 1 saturated carbocycles. The average Bonchev–Trinajstić information content (AvgIpc) is 3.23. The molecule has 6 rings (SSSR count). The molecule has 1 aliphatic carbocycles. The number of amides is 2. The summed E-state index contributed by atoms with van der Waals surface area (Å²) < 4.78 is 7.63. The maximum absolute atomic E-state index is 14.1. The first-order valence-electron chi connectivity index (χ1n) is 15.2. The van der Waals surface area contributed by atoms with Gasteiger partial charge in [0.1, 0.15) is 6.54 Å². The number of nitrogens with zero attached hydrogens (tertiary/aromatic N) is 4. The second-order valence-corrected chi connectivity index (χ2v) is 12.5. The first-order valence-corrected chi connectivity index (χ1v) is 15.2. The van der Waals surface area contributed by atoms with Gasteiger partial charge >= 0.3 is 0 Å². The lowest BCUT2D eigenvalue weighted by Crippen LogP contribution is -2.44. The van der Waals surface area contributed by atoms with Crippen molar-refractivity contribution in [3.63, 3.8) is 0 Å². The van der Waals surface area contributed by atoms with Crippen molar-refractivity contribution in [1.29, 1.82) is 0 Å². The fourth-order valence-corrected chi connectivity index (χ4v) is 7.15. The fraction of sp³-hybridized carbons (Fsp3) is 0.562. The maximum Gasteiger partial charge on any atom is 0.247 e. The van der Waals surface area contributed by atoms with Crippen molar-refractivity contribution >= 4 is 34.3 Å². The number of piperidine rings is 1. The average molecular weight is 574 g/mol. The lowest BCUT2D eigenvalue weighted by Gasteiger charge is -2.27. The molecule has 3 aromatic rings. The van der Waals surface area contributed by atoms with Gasteiger partial charge in [-0.15, -0.1) is 10.2 Å². The molecule has 10 nitrogen and oxygen atoms in total. The Kier molecular flexibility index (Phi) is 7.27. The minimum atomic E-state index is -0.490. The van der Waals surface area contributed by atoms with Crippen LogP contribution in [0, 0.1) is 18.3 Å². The van der Waals surface area contributed by atoms with Crippen LogP contribution in [0.5, 0.6) is 0 Å². The molecule has 10 heteroatoms. The van der Waals surface area contributed by atoms with Gasteiger partial charge in [0, 0.05) is 60.0 Å². The molecular formula is C32H39N5O5. The third-order valence-corrected chi connectivity index (χ3v) is 9.58. The van der Waals surface area contributed by atoms with E-state index in [2.05, 4.69) is 15.5 Å². The number of rotatable bonds is 4. The summed E-state index contributed by atoms with van der Waals surface area (Å²) in [7, 11) is 0. The molecule has 4 atom stereocenters. The number of aryl methyl sites for hydroxylation is 2. The van der Waals surface area contributed by atoms with Gasteiger partial charge in [-0.25, -0.2) is 0 Å². The van der Waals surface area contributed by atoms with Gasteiger partial charge in [0.25, 0.3) is 0 Å². The molecule has 0 unspecified atom stereocenters. The van der Waals surface area contributed by atoms with E-state index in [1.165, 1.54) is 6.92 Å². The highest BCUT2D eigenvalue weighted by Gasteiger charge is 2.66. The van der Waals surface area contributed by atoms with Gasteiger partial charge in [-0.05, 0) is 56.7 Å². The van der Waals surface area contributed by atoms with Crippen LogP contribution in [0.2, 0.25) is 0 Å². The number of hydrogen-bond acceptors (Lipinski definition) is 7. The molecule has 1 N–H and O–H groups in total. The molecule has 2 bridgehead atoms. The molecule has 222 valence electrons. The summed E-state index contributed by atoms with van der Waals surface area (Å²) in [5.74, 6) is 0.595. The van der Waals surface area contributed by atoms with E-state index < -0.39 is 6.04 Å². The zero-order valence-corrected chi connectivity index (χ0v) is 24.9. The van der Waals surface area contributed by atoms with Crippen LogP contribution in [0.1, 0.15) is 87.5 Å². The van der Waals surface area contributed by atoms with Gasteiger partial charge in [0.15, 0.2) is 11.6 Å². The molecule has 2 amide bonds.